The van der Waals surface area contributed by atoms with Crippen LogP contribution in [0.15, 0.2) is 12.4 Å². The number of hydrogen-bond acceptors (Lipinski definition) is 4. The summed E-state index contributed by atoms with van der Waals surface area (Å²) < 4.78 is 5.34. The van der Waals surface area contributed by atoms with Gasteiger partial charge in [-0.3, -0.25) is 0 Å². The smallest absolute Gasteiger partial charge is 0.219 e. The SMILES string of the molecule is COC1CCC(c2cnc(N)nc2)CC1. The first-order valence-electron chi connectivity index (χ1n) is 5.40. The van der Waals surface area contributed by atoms with Gasteiger partial charge in [0.2, 0.25) is 5.95 Å². The highest BCUT2D eigenvalue weighted by molar-refractivity contribution is 5.20. The minimum atomic E-state index is 0.351. The van der Waals surface area contributed by atoms with E-state index in [1.165, 1.54) is 5.56 Å². The first-order chi connectivity index (χ1) is 7.29. The predicted molar refractivity (Wildman–Crippen MR) is 58.5 cm³/mol. The molecule has 2 rings (SSSR count). The molecule has 1 fully saturated rings. The van der Waals surface area contributed by atoms with E-state index in [1.54, 1.807) is 7.11 Å². The molecule has 4 heteroatoms. The molecule has 0 aromatic carbocycles. The van der Waals surface area contributed by atoms with E-state index in [1.807, 2.05) is 12.4 Å². The van der Waals surface area contributed by atoms with E-state index in [2.05, 4.69) is 9.97 Å². The van der Waals surface area contributed by atoms with Crippen molar-refractivity contribution in [2.24, 2.45) is 0 Å². The Morgan fingerprint density at radius 1 is 1.20 bits per heavy atom. The van der Waals surface area contributed by atoms with Gasteiger partial charge in [0.05, 0.1) is 6.10 Å². The van der Waals surface area contributed by atoms with Gasteiger partial charge >= 0.3 is 0 Å². The number of ether oxygens (including phenoxy) is 1. The van der Waals surface area contributed by atoms with E-state index >= 15 is 0 Å². The van der Waals surface area contributed by atoms with Crippen LogP contribution in [0.5, 0.6) is 0 Å². The second-order valence-electron chi connectivity index (χ2n) is 4.08. The molecule has 0 amide bonds. The van der Waals surface area contributed by atoms with E-state index in [4.69, 9.17) is 10.5 Å². The first-order valence-corrected chi connectivity index (χ1v) is 5.40. The van der Waals surface area contributed by atoms with Crippen LogP contribution in [0.3, 0.4) is 0 Å². The van der Waals surface area contributed by atoms with Crippen LogP contribution in [0.1, 0.15) is 37.2 Å². The highest BCUT2D eigenvalue weighted by atomic mass is 16.5. The quantitative estimate of drug-likeness (QED) is 0.802. The summed E-state index contributed by atoms with van der Waals surface area (Å²) in [5.74, 6) is 0.932. The Balaban J connectivity index is 1.98. The minimum absolute atomic E-state index is 0.351. The summed E-state index contributed by atoms with van der Waals surface area (Å²) in [6, 6.07) is 0. The molecular formula is C11H17N3O. The Bertz CT molecular complexity index is 304. The lowest BCUT2D eigenvalue weighted by Gasteiger charge is -2.27. The highest BCUT2D eigenvalue weighted by Gasteiger charge is 2.22. The van der Waals surface area contributed by atoms with Crippen LogP contribution in [0.25, 0.3) is 0 Å². The van der Waals surface area contributed by atoms with Crippen LogP contribution in [0.2, 0.25) is 0 Å². The summed E-state index contributed by atoms with van der Waals surface area (Å²) in [6.45, 7) is 0. The minimum Gasteiger partial charge on any atom is -0.381 e. The third kappa shape index (κ3) is 2.45. The lowest BCUT2D eigenvalue weighted by Crippen LogP contribution is -2.19. The summed E-state index contributed by atoms with van der Waals surface area (Å²) in [5.41, 5.74) is 6.66. The van der Waals surface area contributed by atoms with Crippen molar-refractivity contribution in [1.29, 1.82) is 0 Å². The van der Waals surface area contributed by atoms with E-state index in [9.17, 15) is 0 Å². The monoisotopic (exact) mass is 207 g/mol. The molecule has 1 saturated carbocycles. The Morgan fingerprint density at radius 2 is 1.80 bits per heavy atom. The molecule has 0 radical (unpaired) electrons. The van der Waals surface area contributed by atoms with Crippen molar-refractivity contribution in [2.45, 2.75) is 37.7 Å². The molecule has 0 aliphatic heterocycles. The number of aromatic nitrogens is 2. The predicted octanol–water partition coefficient (Wildman–Crippen LogP) is 1.73. The van der Waals surface area contributed by atoms with Gasteiger partial charge in [0, 0.05) is 19.5 Å². The van der Waals surface area contributed by atoms with Crippen LogP contribution in [0.4, 0.5) is 5.95 Å². The molecule has 2 N–H and O–H groups in total. The van der Waals surface area contributed by atoms with Crippen molar-refractivity contribution >= 4 is 5.95 Å². The zero-order valence-corrected chi connectivity index (χ0v) is 9.02. The number of nitrogens with two attached hydrogens (primary N) is 1. The number of hydrogen-bond donors (Lipinski definition) is 1. The van der Waals surface area contributed by atoms with Crippen molar-refractivity contribution in [1.82, 2.24) is 9.97 Å². The van der Waals surface area contributed by atoms with Gasteiger partial charge in [-0.1, -0.05) is 0 Å². The van der Waals surface area contributed by atoms with E-state index in [-0.39, 0.29) is 0 Å². The second-order valence-corrected chi connectivity index (χ2v) is 4.08. The van der Waals surface area contributed by atoms with Gasteiger partial charge in [-0.25, -0.2) is 9.97 Å². The normalized spacial score (nSPS) is 26.5. The molecule has 1 aromatic heterocycles. The van der Waals surface area contributed by atoms with Gasteiger partial charge in [0.1, 0.15) is 0 Å². The van der Waals surface area contributed by atoms with Crippen molar-refractivity contribution in [3.63, 3.8) is 0 Å². The fourth-order valence-electron chi connectivity index (χ4n) is 2.19. The Labute approximate surface area is 89.9 Å². The molecule has 1 aliphatic carbocycles. The van der Waals surface area contributed by atoms with Gasteiger partial charge in [-0.15, -0.1) is 0 Å². The van der Waals surface area contributed by atoms with Crippen LogP contribution in [0, 0.1) is 0 Å². The molecule has 0 unspecified atom stereocenters. The average molecular weight is 207 g/mol. The lowest BCUT2D eigenvalue weighted by molar-refractivity contribution is 0.0658. The molecule has 0 bridgehead atoms. The van der Waals surface area contributed by atoms with E-state index in [0.29, 0.717) is 18.0 Å². The topological polar surface area (TPSA) is 61.0 Å². The number of nitrogens with zero attached hydrogens (tertiary/aromatic N) is 2. The molecule has 4 nitrogen and oxygen atoms in total. The molecule has 0 spiro atoms. The van der Waals surface area contributed by atoms with Crippen molar-refractivity contribution in [3.8, 4) is 0 Å². The fourth-order valence-corrected chi connectivity index (χ4v) is 2.19. The lowest BCUT2D eigenvalue weighted by atomic mass is 9.84. The Kier molecular flexibility index (Phi) is 3.16. The fraction of sp³-hybridized carbons (Fsp3) is 0.636. The van der Waals surface area contributed by atoms with Crippen molar-refractivity contribution in [3.05, 3.63) is 18.0 Å². The molecule has 82 valence electrons. The third-order valence-corrected chi connectivity index (χ3v) is 3.17. The zero-order valence-electron chi connectivity index (χ0n) is 9.02. The standard InChI is InChI=1S/C11H17N3O/c1-15-10-4-2-8(3-5-10)9-6-13-11(12)14-7-9/h6-8,10H,2-5H2,1H3,(H2,12,13,14). The van der Waals surface area contributed by atoms with Crippen LogP contribution >= 0.6 is 0 Å². The number of methoxy groups -OCH3 is 1. The average Bonchev–Trinajstić information content (AvgIpc) is 2.30. The van der Waals surface area contributed by atoms with Gasteiger partial charge < -0.3 is 10.5 Å². The Hall–Kier alpha value is -1.16. The molecule has 0 saturated heterocycles. The summed E-state index contributed by atoms with van der Waals surface area (Å²) in [4.78, 5) is 8.06. The molecule has 1 aromatic rings. The number of anilines is 1. The molecule has 15 heavy (non-hydrogen) atoms. The third-order valence-electron chi connectivity index (χ3n) is 3.17. The van der Waals surface area contributed by atoms with Gasteiger partial charge in [0.25, 0.3) is 0 Å². The van der Waals surface area contributed by atoms with Gasteiger partial charge in [-0.2, -0.15) is 0 Å². The van der Waals surface area contributed by atoms with Crippen LogP contribution < -0.4 is 5.73 Å². The molecule has 0 atom stereocenters. The van der Waals surface area contributed by atoms with E-state index in [0.717, 1.165) is 25.7 Å². The zero-order chi connectivity index (χ0) is 10.7. The van der Waals surface area contributed by atoms with Gasteiger partial charge in [0.15, 0.2) is 0 Å². The Morgan fingerprint density at radius 3 is 2.33 bits per heavy atom. The summed E-state index contributed by atoms with van der Waals surface area (Å²) in [5, 5.41) is 0. The molecule has 1 heterocycles. The summed E-state index contributed by atoms with van der Waals surface area (Å²) in [7, 11) is 1.79. The maximum atomic E-state index is 5.46. The molecule has 1 aliphatic rings. The van der Waals surface area contributed by atoms with Crippen LogP contribution in [-0.4, -0.2) is 23.2 Å². The number of rotatable bonds is 2. The van der Waals surface area contributed by atoms with Crippen molar-refractivity contribution < 1.29 is 4.74 Å². The first kappa shape index (κ1) is 10.4. The maximum absolute atomic E-state index is 5.46. The number of nitrogen functional groups attached to an aromatic ring is 1. The summed E-state index contributed by atoms with van der Waals surface area (Å²) in [6.07, 6.45) is 8.71. The second kappa shape index (κ2) is 4.57. The largest absolute Gasteiger partial charge is 0.381 e. The van der Waals surface area contributed by atoms with Gasteiger partial charge in [-0.05, 0) is 37.2 Å². The maximum Gasteiger partial charge on any atom is 0.219 e. The molecular weight excluding hydrogens is 190 g/mol. The summed E-state index contributed by atoms with van der Waals surface area (Å²) >= 11 is 0. The highest BCUT2D eigenvalue weighted by Crippen LogP contribution is 2.33. The van der Waals surface area contributed by atoms with E-state index < -0.39 is 0 Å². The van der Waals surface area contributed by atoms with Crippen molar-refractivity contribution in [2.75, 3.05) is 12.8 Å². The van der Waals surface area contributed by atoms with Crippen LogP contribution in [-0.2, 0) is 4.74 Å².